The predicted octanol–water partition coefficient (Wildman–Crippen LogP) is 0.0538. The molecular weight excluding hydrogens is 208 g/mol. The van der Waals surface area contributed by atoms with Crippen LogP contribution in [0.25, 0.3) is 0 Å². The van der Waals surface area contributed by atoms with E-state index in [1.54, 1.807) is 17.9 Å². The molecule has 1 atom stereocenters. The molecule has 0 bridgehead atoms. The van der Waals surface area contributed by atoms with Crippen molar-refractivity contribution in [2.24, 2.45) is 5.73 Å². The van der Waals surface area contributed by atoms with E-state index in [-0.39, 0.29) is 18.6 Å². The Bertz CT molecular complexity index is 287. The number of esters is 1. The van der Waals surface area contributed by atoms with Crippen LogP contribution < -0.4 is 5.73 Å². The summed E-state index contributed by atoms with van der Waals surface area (Å²) < 4.78 is 4.72. The maximum absolute atomic E-state index is 11.9. The average molecular weight is 226 g/mol. The molecule has 1 amide bonds. The number of amides is 1. The van der Waals surface area contributed by atoms with Crippen LogP contribution in [0, 0.1) is 0 Å². The van der Waals surface area contributed by atoms with Gasteiger partial charge in [-0.2, -0.15) is 0 Å². The molecular formula is C11H18N2O3. The summed E-state index contributed by atoms with van der Waals surface area (Å²) in [5.41, 5.74) is 5.54. The van der Waals surface area contributed by atoms with E-state index < -0.39 is 12.0 Å². The Morgan fingerprint density at radius 3 is 2.69 bits per heavy atom. The first-order chi connectivity index (χ1) is 7.61. The highest BCUT2D eigenvalue weighted by atomic mass is 16.5. The zero-order chi connectivity index (χ0) is 12.1. The molecule has 0 aliphatic heterocycles. The number of rotatable bonds is 6. The van der Waals surface area contributed by atoms with Crippen LogP contribution in [-0.2, 0) is 14.3 Å². The normalized spacial score (nSPS) is 16.4. The third-order valence-corrected chi connectivity index (χ3v) is 2.40. The zero-order valence-electron chi connectivity index (χ0n) is 9.52. The molecule has 1 fully saturated rings. The summed E-state index contributed by atoms with van der Waals surface area (Å²) in [5, 5.41) is 0. The number of nitrogens with zero attached hydrogens (tertiary/aromatic N) is 1. The largest absolute Gasteiger partial charge is 0.464 e. The van der Waals surface area contributed by atoms with Crippen LogP contribution in [-0.4, -0.2) is 42.0 Å². The fourth-order valence-electron chi connectivity index (χ4n) is 1.46. The third kappa shape index (κ3) is 3.06. The van der Waals surface area contributed by atoms with E-state index in [0.717, 1.165) is 12.8 Å². The van der Waals surface area contributed by atoms with E-state index >= 15 is 0 Å². The molecule has 0 aromatic carbocycles. The van der Waals surface area contributed by atoms with Crippen LogP contribution in [0.5, 0.6) is 0 Å². The lowest BCUT2D eigenvalue weighted by Gasteiger charge is -2.23. The lowest BCUT2D eigenvalue weighted by molar-refractivity contribution is -0.150. The van der Waals surface area contributed by atoms with Gasteiger partial charge in [0.1, 0.15) is 0 Å². The Labute approximate surface area is 95.2 Å². The van der Waals surface area contributed by atoms with Crippen LogP contribution in [0.1, 0.15) is 19.8 Å². The molecule has 0 heterocycles. The van der Waals surface area contributed by atoms with Crippen molar-refractivity contribution in [3.63, 3.8) is 0 Å². The minimum atomic E-state index is -1.21. The first-order valence-corrected chi connectivity index (χ1v) is 5.45. The van der Waals surface area contributed by atoms with Gasteiger partial charge in [0.25, 0.3) is 5.91 Å². The fourth-order valence-corrected chi connectivity index (χ4v) is 1.46. The molecule has 0 saturated heterocycles. The lowest BCUT2D eigenvalue weighted by Crippen LogP contribution is -2.49. The van der Waals surface area contributed by atoms with E-state index in [4.69, 9.17) is 10.5 Å². The second-order valence-electron chi connectivity index (χ2n) is 3.74. The van der Waals surface area contributed by atoms with E-state index in [0.29, 0.717) is 6.54 Å². The van der Waals surface area contributed by atoms with Crippen LogP contribution >= 0.6 is 0 Å². The van der Waals surface area contributed by atoms with Gasteiger partial charge in [-0.15, -0.1) is 6.58 Å². The Balaban J connectivity index is 2.58. The Hall–Kier alpha value is -1.36. The second-order valence-corrected chi connectivity index (χ2v) is 3.74. The van der Waals surface area contributed by atoms with Crippen molar-refractivity contribution in [2.45, 2.75) is 31.8 Å². The van der Waals surface area contributed by atoms with Gasteiger partial charge in [-0.3, -0.25) is 4.79 Å². The molecule has 5 heteroatoms. The summed E-state index contributed by atoms with van der Waals surface area (Å²) in [6, 6.07) is -0.994. The van der Waals surface area contributed by atoms with Gasteiger partial charge in [0.15, 0.2) is 6.04 Å². The van der Waals surface area contributed by atoms with Gasteiger partial charge < -0.3 is 15.4 Å². The van der Waals surface area contributed by atoms with Gasteiger partial charge in [-0.1, -0.05) is 6.08 Å². The van der Waals surface area contributed by atoms with Crippen molar-refractivity contribution in [1.82, 2.24) is 4.90 Å². The molecule has 90 valence electrons. The van der Waals surface area contributed by atoms with Crippen LogP contribution in [0.2, 0.25) is 0 Å². The summed E-state index contributed by atoms with van der Waals surface area (Å²) in [5.74, 6) is -1.04. The van der Waals surface area contributed by atoms with Crippen LogP contribution in [0.4, 0.5) is 0 Å². The number of nitrogens with two attached hydrogens (primary N) is 1. The van der Waals surface area contributed by atoms with Crippen molar-refractivity contribution in [3.8, 4) is 0 Å². The number of hydrogen-bond donors (Lipinski definition) is 1. The van der Waals surface area contributed by atoms with Gasteiger partial charge >= 0.3 is 5.97 Å². The monoisotopic (exact) mass is 226 g/mol. The van der Waals surface area contributed by atoms with Crippen molar-refractivity contribution in [3.05, 3.63) is 12.7 Å². The molecule has 16 heavy (non-hydrogen) atoms. The first kappa shape index (κ1) is 12.7. The van der Waals surface area contributed by atoms with E-state index in [1.807, 2.05) is 0 Å². The molecule has 1 aliphatic carbocycles. The van der Waals surface area contributed by atoms with Gasteiger partial charge in [-0.25, -0.2) is 4.79 Å². The molecule has 0 aromatic rings. The summed E-state index contributed by atoms with van der Waals surface area (Å²) in [4.78, 5) is 24.8. The molecule has 1 saturated carbocycles. The number of carbonyl (C=O) groups excluding carboxylic acids is 2. The summed E-state index contributed by atoms with van der Waals surface area (Å²) >= 11 is 0. The predicted molar refractivity (Wildman–Crippen MR) is 59.5 cm³/mol. The molecule has 1 rings (SSSR count). The van der Waals surface area contributed by atoms with Crippen LogP contribution in [0.15, 0.2) is 12.7 Å². The maximum atomic E-state index is 11.9. The zero-order valence-corrected chi connectivity index (χ0v) is 9.52. The van der Waals surface area contributed by atoms with Gasteiger partial charge in [0.2, 0.25) is 0 Å². The quantitative estimate of drug-likeness (QED) is 0.395. The number of ether oxygens (including phenoxy) is 1. The lowest BCUT2D eigenvalue weighted by atomic mass is 10.2. The average Bonchev–Trinajstić information content (AvgIpc) is 3.08. The van der Waals surface area contributed by atoms with Crippen LogP contribution in [0.3, 0.4) is 0 Å². The molecule has 5 nitrogen and oxygen atoms in total. The smallest absolute Gasteiger partial charge is 0.332 e. The Morgan fingerprint density at radius 1 is 1.62 bits per heavy atom. The molecule has 1 aliphatic rings. The first-order valence-electron chi connectivity index (χ1n) is 5.45. The minimum Gasteiger partial charge on any atom is -0.464 e. The summed E-state index contributed by atoms with van der Waals surface area (Å²) in [7, 11) is 0. The Morgan fingerprint density at radius 2 is 2.25 bits per heavy atom. The van der Waals surface area contributed by atoms with E-state index in [2.05, 4.69) is 6.58 Å². The molecule has 1 unspecified atom stereocenters. The topological polar surface area (TPSA) is 72.6 Å². The van der Waals surface area contributed by atoms with Crippen molar-refractivity contribution >= 4 is 11.9 Å². The fraction of sp³-hybridized carbons (Fsp3) is 0.636. The van der Waals surface area contributed by atoms with E-state index in [9.17, 15) is 9.59 Å². The van der Waals surface area contributed by atoms with Crippen molar-refractivity contribution < 1.29 is 14.3 Å². The number of hydrogen-bond acceptors (Lipinski definition) is 4. The minimum absolute atomic E-state index is 0.214. The highest BCUT2D eigenvalue weighted by Crippen LogP contribution is 2.27. The summed E-state index contributed by atoms with van der Waals surface area (Å²) in [6.07, 6.45) is 3.57. The van der Waals surface area contributed by atoms with Gasteiger partial charge in [-0.05, 0) is 19.8 Å². The van der Waals surface area contributed by atoms with Gasteiger partial charge in [0.05, 0.1) is 6.61 Å². The molecule has 0 aromatic heterocycles. The standard InChI is InChI=1S/C11H18N2O3/c1-3-7-13(8-5-6-8)10(14)9(12)11(15)16-4-2/h3,8-9H,1,4-7,12H2,2H3. The molecule has 0 spiro atoms. The molecule has 0 radical (unpaired) electrons. The maximum Gasteiger partial charge on any atom is 0.332 e. The van der Waals surface area contributed by atoms with Crippen molar-refractivity contribution in [2.75, 3.05) is 13.2 Å². The van der Waals surface area contributed by atoms with E-state index in [1.165, 1.54) is 0 Å². The molecule has 2 N–H and O–H groups in total. The second kappa shape index (κ2) is 5.65. The highest BCUT2D eigenvalue weighted by Gasteiger charge is 2.36. The van der Waals surface area contributed by atoms with Gasteiger partial charge in [0, 0.05) is 12.6 Å². The Kier molecular flexibility index (Phi) is 4.49. The number of carbonyl (C=O) groups is 2. The van der Waals surface area contributed by atoms with Crippen molar-refractivity contribution in [1.29, 1.82) is 0 Å². The third-order valence-electron chi connectivity index (χ3n) is 2.40. The highest BCUT2D eigenvalue weighted by molar-refractivity contribution is 6.01. The SMILES string of the molecule is C=CCN(C(=O)C(N)C(=O)OCC)C1CC1. The summed E-state index contributed by atoms with van der Waals surface area (Å²) in [6.45, 7) is 5.91.